The summed E-state index contributed by atoms with van der Waals surface area (Å²) in [5.41, 5.74) is 0. The molecule has 64 heavy (non-hydrogen) atoms. The van der Waals surface area contributed by atoms with Gasteiger partial charge in [0.2, 0.25) is 0 Å². The molecule has 0 rings (SSSR count). The average molecular weight is 933 g/mol. The molecule has 0 saturated heterocycles. The third-order valence-electron chi connectivity index (χ3n) is 12.0. The van der Waals surface area contributed by atoms with E-state index >= 15 is 0 Å². The first-order chi connectivity index (χ1) is 31.2. The van der Waals surface area contributed by atoms with Gasteiger partial charge in [-0.25, -0.2) is 4.57 Å². The molecule has 0 aromatic carbocycles. The van der Waals surface area contributed by atoms with Crippen molar-refractivity contribution in [3.8, 4) is 0 Å². The Kier molecular flexibility index (Phi) is 46.8. The lowest BCUT2D eigenvalue weighted by Gasteiger charge is -2.21. The van der Waals surface area contributed by atoms with E-state index in [0.29, 0.717) is 19.3 Å². The van der Waals surface area contributed by atoms with Gasteiger partial charge in [-0.1, -0.05) is 239 Å². The summed E-state index contributed by atoms with van der Waals surface area (Å²) in [6.45, 7) is 4.67. The predicted molar refractivity (Wildman–Crippen MR) is 261 cm³/mol. The van der Waals surface area contributed by atoms with Crippen LogP contribution in [0.3, 0.4) is 0 Å². The summed E-state index contributed by atoms with van der Waals surface area (Å²) in [6, 6.07) is 0. The Morgan fingerprint density at radius 1 is 0.375 bits per heavy atom. The van der Waals surface area contributed by atoms with Crippen molar-refractivity contribution < 1.29 is 52.2 Å². The number of phosphoric acid groups is 1. The molecule has 0 amide bonds. The van der Waals surface area contributed by atoms with Crippen molar-refractivity contribution in [2.45, 2.75) is 290 Å². The van der Waals surface area contributed by atoms with Gasteiger partial charge in [-0.3, -0.25) is 23.4 Å². The number of phosphoric ester groups is 1. The molecular formula is C52H101O11P. The highest BCUT2D eigenvalue weighted by Crippen LogP contribution is 2.43. The van der Waals surface area contributed by atoms with E-state index in [1.807, 2.05) is 0 Å². The van der Waals surface area contributed by atoms with Gasteiger partial charge in [-0.05, 0) is 19.3 Å². The molecule has 3 atom stereocenters. The normalized spacial score (nSPS) is 13.4. The number of aliphatic hydroxyl groups is 1. The number of hydrogen-bond acceptors (Lipinski definition) is 10. The fourth-order valence-electron chi connectivity index (χ4n) is 7.89. The maximum Gasteiger partial charge on any atom is 0.472 e. The minimum Gasteiger partial charge on any atom is -0.462 e. The van der Waals surface area contributed by atoms with Crippen molar-refractivity contribution in [2.75, 3.05) is 26.4 Å². The lowest BCUT2D eigenvalue weighted by Crippen LogP contribution is -2.30. The van der Waals surface area contributed by atoms with E-state index < -0.39 is 57.8 Å². The zero-order valence-corrected chi connectivity index (χ0v) is 42.7. The number of aliphatic hydroxyl groups excluding tert-OH is 1. The van der Waals surface area contributed by atoms with E-state index in [1.165, 1.54) is 161 Å². The van der Waals surface area contributed by atoms with Gasteiger partial charge in [0.05, 0.1) is 19.8 Å². The van der Waals surface area contributed by atoms with Crippen LogP contribution in [-0.4, -0.2) is 66.5 Å². The van der Waals surface area contributed by atoms with Crippen LogP contribution in [0.5, 0.6) is 0 Å². The molecule has 2 N–H and O–H groups in total. The Labute approximate surface area is 393 Å². The minimum atomic E-state index is -4.72. The number of rotatable bonds is 51. The standard InChI is InChI=1S/C52H101O11P/c1-4-7-10-13-16-19-22-24-27-29-32-35-38-41-50(54)59-45-49(63-52(56)43-40-37-34-31-28-25-23-20-17-14-11-8-5-2)47-61-64(57,58)60-46-48(44-53)62-51(55)42-39-36-33-30-26-21-18-15-12-9-6-3/h48-49,53H,4-47H2,1-3H3,(H,57,58). The van der Waals surface area contributed by atoms with Gasteiger partial charge in [0.1, 0.15) is 12.7 Å². The Morgan fingerprint density at radius 3 is 0.922 bits per heavy atom. The molecule has 0 bridgehead atoms. The number of hydrogen-bond donors (Lipinski definition) is 2. The van der Waals surface area contributed by atoms with E-state index in [0.717, 1.165) is 57.8 Å². The Bertz CT molecular complexity index is 1090. The van der Waals surface area contributed by atoms with E-state index in [2.05, 4.69) is 20.8 Å². The second-order valence-electron chi connectivity index (χ2n) is 18.4. The van der Waals surface area contributed by atoms with Crippen molar-refractivity contribution in [3.05, 3.63) is 0 Å². The molecule has 0 fully saturated rings. The summed E-state index contributed by atoms with van der Waals surface area (Å²) < 4.78 is 39.4. The third-order valence-corrected chi connectivity index (χ3v) is 13.0. The first-order valence-electron chi connectivity index (χ1n) is 26.9. The smallest absolute Gasteiger partial charge is 0.462 e. The lowest BCUT2D eigenvalue weighted by molar-refractivity contribution is -0.161. The molecule has 0 aliphatic rings. The molecule has 0 aliphatic carbocycles. The molecule has 0 heterocycles. The summed E-state index contributed by atoms with van der Waals surface area (Å²) in [5, 5.41) is 9.76. The first-order valence-corrected chi connectivity index (χ1v) is 28.4. The van der Waals surface area contributed by atoms with Crippen LogP contribution in [0.1, 0.15) is 278 Å². The van der Waals surface area contributed by atoms with Crippen LogP contribution in [-0.2, 0) is 42.2 Å². The van der Waals surface area contributed by atoms with Gasteiger partial charge >= 0.3 is 25.7 Å². The Balaban J connectivity index is 4.69. The molecule has 11 nitrogen and oxygen atoms in total. The van der Waals surface area contributed by atoms with Gasteiger partial charge in [-0.2, -0.15) is 0 Å². The lowest BCUT2D eigenvalue weighted by atomic mass is 10.0. The summed E-state index contributed by atoms with van der Waals surface area (Å²) in [6.07, 6.45) is 42.0. The second-order valence-corrected chi connectivity index (χ2v) is 19.9. The van der Waals surface area contributed by atoms with Crippen molar-refractivity contribution in [1.82, 2.24) is 0 Å². The summed E-state index contributed by atoms with van der Waals surface area (Å²) in [4.78, 5) is 48.3. The van der Waals surface area contributed by atoms with Crippen LogP contribution >= 0.6 is 7.82 Å². The molecule has 0 aromatic rings. The fraction of sp³-hybridized carbons (Fsp3) is 0.942. The van der Waals surface area contributed by atoms with E-state index in [4.69, 9.17) is 23.3 Å². The van der Waals surface area contributed by atoms with Crippen molar-refractivity contribution in [2.24, 2.45) is 0 Å². The average Bonchev–Trinajstić information content (AvgIpc) is 3.28. The van der Waals surface area contributed by atoms with Crippen molar-refractivity contribution in [3.63, 3.8) is 0 Å². The highest BCUT2D eigenvalue weighted by molar-refractivity contribution is 7.47. The van der Waals surface area contributed by atoms with Crippen LogP contribution in [0.15, 0.2) is 0 Å². The van der Waals surface area contributed by atoms with Crippen molar-refractivity contribution in [1.29, 1.82) is 0 Å². The van der Waals surface area contributed by atoms with Crippen LogP contribution < -0.4 is 0 Å². The molecule has 380 valence electrons. The number of ether oxygens (including phenoxy) is 3. The van der Waals surface area contributed by atoms with Crippen LogP contribution in [0.2, 0.25) is 0 Å². The van der Waals surface area contributed by atoms with E-state index in [9.17, 15) is 28.9 Å². The van der Waals surface area contributed by atoms with Gasteiger partial charge in [0.25, 0.3) is 0 Å². The highest BCUT2D eigenvalue weighted by Gasteiger charge is 2.28. The number of esters is 3. The predicted octanol–water partition coefficient (Wildman–Crippen LogP) is 15.1. The maximum atomic E-state index is 12.8. The largest absolute Gasteiger partial charge is 0.472 e. The van der Waals surface area contributed by atoms with Gasteiger partial charge in [0, 0.05) is 19.3 Å². The minimum absolute atomic E-state index is 0.178. The topological polar surface area (TPSA) is 155 Å². The van der Waals surface area contributed by atoms with Crippen molar-refractivity contribution >= 4 is 25.7 Å². The number of carbonyl (C=O) groups excluding carboxylic acids is 3. The number of unbranched alkanes of at least 4 members (excludes halogenated alkanes) is 34. The van der Waals surface area contributed by atoms with Gasteiger partial charge in [-0.15, -0.1) is 0 Å². The van der Waals surface area contributed by atoms with Crippen LogP contribution in [0.4, 0.5) is 0 Å². The molecule has 0 aliphatic heterocycles. The summed E-state index contributed by atoms with van der Waals surface area (Å²) in [7, 11) is -4.72. The van der Waals surface area contributed by atoms with Gasteiger partial charge in [0.15, 0.2) is 6.10 Å². The third kappa shape index (κ3) is 45.6. The van der Waals surface area contributed by atoms with Crippen LogP contribution in [0.25, 0.3) is 0 Å². The zero-order chi connectivity index (χ0) is 47.0. The Hall–Kier alpha value is -1.52. The highest BCUT2D eigenvalue weighted by atomic mass is 31.2. The maximum absolute atomic E-state index is 12.8. The number of carbonyl (C=O) groups is 3. The first kappa shape index (κ1) is 62.5. The molecule has 0 radical (unpaired) electrons. The molecule has 0 aromatic heterocycles. The fourth-order valence-corrected chi connectivity index (χ4v) is 8.67. The van der Waals surface area contributed by atoms with Gasteiger partial charge < -0.3 is 24.2 Å². The molecule has 12 heteroatoms. The van der Waals surface area contributed by atoms with E-state index in [1.54, 1.807) is 0 Å². The molecule has 0 saturated carbocycles. The second kappa shape index (κ2) is 48.0. The van der Waals surface area contributed by atoms with E-state index in [-0.39, 0.29) is 25.9 Å². The monoisotopic (exact) mass is 933 g/mol. The quantitative estimate of drug-likeness (QED) is 0.0259. The summed E-state index contributed by atoms with van der Waals surface area (Å²) in [5.74, 6) is -1.43. The molecular weight excluding hydrogens is 832 g/mol. The molecule has 0 spiro atoms. The molecule has 3 unspecified atom stereocenters. The SMILES string of the molecule is CCCCCCCCCCCCCCCC(=O)OCC(COP(=O)(O)OCC(CO)OC(=O)CCCCCCCCCCCCC)OC(=O)CCCCCCCCCCCCCCC. The van der Waals surface area contributed by atoms with Crippen LogP contribution in [0, 0.1) is 0 Å². The zero-order valence-electron chi connectivity index (χ0n) is 41.8. The summed E-state index contributed by atoms with van der Waals surface area (Å²) >= 11 is 0. The Morgan fingerprint density at radius 2 is 0.625 bits per heavy atom.